The Balaban J connectivity index is 1.38. The fourth-order valence-electron chi connectivity index (χ4n) is 6.16. The molecule has 6 aromatic rings. The lowest BCUT2D eigenvalue weighted by molar-refractivity contribution is 0.500. The van der Waals surface area contributed by atoms with Crippen LogP contribution in [0.4, 0.5) is 0 Å². The van der Waals surface area contributed by atoms with E-state index in [9.17, 15) is 9.59 Å². The minimum atomic E-state index is -0.590. The Morgan fingerprint density at radius 3 is 1.95 bits per heavy atom. The summed E-state index contributed by atoms with van der Waals surface area (Å²) in [5.41, 5.74) is 6.62. The largest absolute Gasteiger partial charge is 0.422 e. The molecule has 0 aliphatic heterocycles. The van der Waals surface area contributed by atoms with Crippen molar-refractivity contribution in [2.45, 2.75) is 52.4 Å². The minimum absolute atomic E-state index is 0.106. The van der Waals surface area contributed by atoms with Crippen molar-refractivity contribution in [1.29, 1.82) is 0 Å². The van der Waals surface area contributed by atoms with E-state index in [4.69, 9.17) is 4.42 Å². The summed E-state index contributed by atoms with van der Waals surface area (Å²) in [5.74, 6) is 1.44. The summed E-state index contributed by atoms with van der Waals surface area (Å²) in [4.78, 5) is 26.4. The molecule has 41 heavy (non-hydrogen) atoms. The average molecular weight is 541 g/mol. The highest BCUT2D eigenvalue weighted by atomic mass is 16.4. The molecule has 3 aromatic heterocycles. The summed E-state index contributed by atoms with van der Waals surface area (Å²) in [7, 11) is 0. The van der Waals surface area contributed by atoms with Gasteiger partial charge in [-0.25, -0.2) is 4.79 Å². The van der Waals surface area contributed by atoms with Gasteiger partial charge in [-0.2, -0.15) is 0 Å². The molecule has 0 saturated carbocycles. The van der Waals surface area contributed by atoms with Crippen LogP contribution in [0.25, 0.3) is 50.0 Å². The maximum atomic E-state index is 13.6. The first kappa shape index (κ1) is 25.3. The van der Waals surface area contributed by atoms with E-state index in [0.717, 1.165) is 35.1 Å². The monoisotopic (exact) mass is 540 g/mol. The van der Waals surface area contributed by atoms with E-state index in [1.807, 2.05) is 42.5 Å². The van der Waals surface area contributed by atoms with Crippen LogP contribution in [0.3, 0.4) is 0 Å². The Morgan fingerprint density at radius 2 is 1.34 bits per heavy atom. The van der Waals surface area contributed by atoms with Gasteiger partial charge in [0.05, 0.1) is 11.0 Å². The first-order valence-electron chi connectivity index (χ1n) is 14.4. The van der Waals surface area contributed by atoms with Gasteiger partial charge in [0.2, 0.25) is 0 Å². The molecule has 3 aromatic carbocycles. The summed E-state index contributed by atoms with van der Waals surface area (Å²) in [6.45, 7) is 8.90. The van der Waals surface area contributed by atoms with Crippen LogP contribution in [0, 0.1) is 0 Å². The molecule has 0 bridgehead atoms. The number of rotatable bonds is 4. The summed E-state index contributed by atoms with van der Waals surface area (Å²) in [6, 6.07) is 23.3. The van der Waals surface area contributed by atoms with Crippen molar-refractivity contribution in [2.75, 3.05) is 0 Å². The maximum Gasteiger partial charge on any atom is 0.349 e. The zero-order valence-electron chi connectivity index (χ0n) is 23.8. The van der Waals surface area contributed by atoms with Crippen molar-refractivity contribution in [1.82, 2.24) is 9.13 Å². The highest BCUT2D eigenvalue weighted by molar-refractivity contribution is 6.09. The lowest BCUT2D eigenvalue weighted by Gasteiger charge is -2.14. The summed E-state index contributed by atoms with van der Waals surface area (Å²) < 4.78 is 9.35. The van der Waals surface area contributed by atoms with Crippen LogP contribution in [0.5, 0.6) is 0 Å². The molecule has 7 rings (SSSR count). The van der Waals surface area contributed by atoms with Crippen molar-refractivity contribution >= 4 is 38.7 Å². The van der Waals surface area contributed by atoms with Gasteiger partial charge in [-0.15, -0.1) is 0 Å². The third-order valence-electron chi connectivity index (χ3n) is 8.48. The standard InChI is InChI=1S/C36H32N2O3/c1-21(2)23-9-15-31-29(19-23)30-20-24(22(3)4)10-16-32(30)38(31)26-13-11-25(12-14-26)37-18-17-28-27-7-5-6-8-33(27)41-36(40)34(28)35(37)39/h6,8-22H,5,7H2,1-4H3. The van der Waals surface area contributed by atoms with Gasteiger partial charge in [0, 0.05) is 39.3 Å². The molecule has 1 aliphatic carbocycles. The van der Waals surface area contributed by atoms with Crippen molar-refractivity contribution < 1.29 is 4.42 Å². The Bertz CT molecular complexity index is 2070. The number of aryl methyl sites for hydroxylation is 1. The fraction of sp³-hybridized carbons (Fsp3) is 0.222. The maximum absolute atomic E-state index is 13.6. The van der Waals surface area contributed by atoms with Crippen LogP contribution in [0.1, 0.15) is 68.4 Å². The first-order chi connectivity index (χ1) is 19.8. The molecule has 1 aliphatic rings. The Kier molecular flexibility index (Phi) is 5.86. The van der Waals surface area contributed by atoms with Gasteiger partial charge >= 0.3 is 5.63 Å². The number of nitrogens with zero attached hydrogens (tertiary/aromatic N) is 2. The van der Waals surface area contributed by atoms with E-state index < -0.39 is 5.63 Å². The SMILES string of the molecule is CC(C)c1ccc2c(c1)c1cc(C(C)C)ccc1n2-c1ccc(-n2ccc3c4c(oc(=O)c3c2=O)C=CCC4)cc1. The molecule has 0 amide bonds. The predicted octanol–water partition coefficient (Wildman–Crippen LogP) is 8.25. The van der Waals surface area contributed by atoms with Gasteiger partial charge in [0.15, 0.2) is 0 Å². The zero-order valence-corrected chi connectivity index (χ0v) is 23.8. The van der Waals surface area contributed by atoms with Crippen LogP contribution < -0.4 is 11.2 Å². The van der Waals surface area contributed by atoms with Gasteiger partial charge < -0.3 is 8.98 Å². The van der Waals surface area contributed by atoms with E-state index in [1.54, 1.807) is 6.20 Å². The molecule has 0 spiro atoms. The van der Waals surface area contributed by atoms with E-state index in [0.29, 0.717) is 28.7 Å². The average Bonchev–Trinajstić information content (AvgIpc) is 3.30. The zero-order chi connectivity index (χ0) is 28.4. The summed E-state index contributed by atoms with van der Waals surface area (Å²) in [6.07, 6.45) is 7.19. The van der Waals surface area contributed by atoms with Gasteiger partial charge in [0.25, 0.3) is 5.56 Å². The lowest BCUT2D eigenvalue weighted by Crippen LogP contribution is -2.24. The van der Waals surface area contributed by atoms with Crippen LogP contribution >= 0.6 is 0 Å². The number of fused-ring (bicyclic) bond motifs is 6. The molecule has 0 atom stereocenters. The molecule has 5 nitrogen and oxygen atoms in total. The molecule has 204 valence electrons. The molecule has 0 saturated heterocycles. The van der Waals surface area contributed by atoms with Gasteiger partial charge in [0.1, 0.15) is 11.1 Å². The van der Waals surface area contributed by atoms with Gasteiger partial charge in [-0.05, 0) is 96.5 Å². The number of benzene rings is 3. The number of allylic oxidation sites excluding steroid dienone is 1. The third kappa shape index (κ3) is 3.99. The van der Waals surface area contributed by atoms with Crippen molar-refractivity contribution in [3.05, 3.63) is 122 Å². The Labute approximate surface area is 238 Å². The van der Waals surface area contributed by atoms with Crippen molar-refractivity contribution in [3.8, 4) is 11.4 Å². The van der Waals surface area contributed by atoms with Gasteiger partial charge in [-0.1, -0.05) is 45.9 Å². The van der Waals surface area contributed by atoms with E-state index >= 15 is 0 Å². The second-order valence-corrected chi connectivity index (χ2v) is 11.7. The van der Waals surface area contributed by atoms with E-state index in [-0.39, 0.29) is 10.9 Å². The Hall–Kier alpha value is -4.64. The molecule has 0 N–H and O–H groups in total. The fourth-order valence-corrected chi connectivity index (χ4v) is 6.16. The molecular weight excluding hydrogens is 508 g/mol. The normalized spacial score (nSPS) is 13.2. The topological polar surface area (TPSA) is 57.1 Å². The molecule has 0 unspecified atom stereocenters. The van der Waals surface area contributed by atoms with Crippen LogP contribution in [-0.2, 0) is 6.42 Å². The number of hydrogen-bond acceptors (Lipinski definition) is 3. The summed E-state index contributed by atoms with van der Waals surface area (Å²) in [5, 5.41) is 3.28. The predicted molar refractivity (Wildman–Crippen MR) is 168 cm³/mol. The number of hydrogen-bond donors (Lipinski definition) is 0. The smallest absolute Gasteiger partial charge is 0.349 e. The number of aromatic nitrogens is 2. The highest BCUT2D eigenvalue weighted by Gasteiger charge is 2.19. The third-order valence-corrected chi connectivity index (χ3v) is 8.48. The van der Waals surface area contributed by atoms with E-state index in [1.165, 1.54) is 26.5 Å². The second-order valence-electron chi connectivity index (χ2n) is 11.7. The lowest BCUT2D eigenvalue weighted by atomic mass is 9.98. The van der Waals surface area contributed by atoms with Crippen LogP contribution in [-0.4, -0.2) is 9.13 Å². The second kappa shape index (κ2) is 9.48. The molecule has 5 heteroatoms. The van der Waals surface area contributed by atoms with Crippen LogP contribution in [0.15, 0.2) is 93.0 Å². The Morgan fingerprint density at radius 1 is 0.732 bits per heavy atom. The molecular formula is C36H32N2O3. The quantitative estimate of drug-likeness (QED) is 0.226. The van der Waals surface area contributed by atoms with Crippen molar-refractivity contribution in [2.24, 2.45) is 0 Å². The van der Waals surface area contributed by atoms with Gasteiger partial charge in [-0.3, -0.25) is 9.36 Å². The first-order valence-corrected chi connectivity index (χ1v) is 14.4. The molecule has 3 heterocycles. The molecule has 0 radical (unpaired) electrons. The highest BCUT2D eigenvalue weighted by Crippen LogP contribution is 2.36. The minimum Gasteiger partial charge on any atom is -0.422 e. The summed E-state index contributed by atoms with van der Waals surface area (Å²) >= 11 is 0. The molecule has 0 fully saturated rings. The van der Waals surface area contributed by atoms with Crippen LogP contribution in [0.2, 0.25) is 0 Å². The van der Waals surface area contributed by atoms with E-state index in [2.05, 4.69) is 68.7 Å². The number of pyridine rings is 1. The van der Waals surface area contributed by atoms with Crippen molar-refractivity contribution in [3.63, 3.8) is 0 Å².